The van der Waals surface area contributed by atoms with E-state index in [9.17, 15) is 4.79 Å². The number of hydrogen-bond acceptors (Lipinski definition) is 1. The van der Waals surface area contributed by atoms with Crippen LogP contribution in [0.1, 0.15) is 49.9 Å². The third-order valence-electron chi connectivity index (χ3n) is 4.00. The fourth-order valence-electron chi connectivity index (χ4n) is 2.80. The Kier molecular flexibility index (Phi) is 8.07. The summed E-state index contributed by atoms with van der Waals surface area (Å²) in [6, 6.07) is 20.5. The van der Waals surface area contributed by atoms with Gasteiger partial charge in [-0.2, -0.15) is 0 Å². The Morgan fingerprint density at radius 2 is 1.50 bits per heavy atom. The number of amides is 1. The molecule has 1 amide bonds. The monoisotopic (exact) mass is 389 g/mol. The van der Waals surface area contributed by atoms with E-state index in [1.807, 2.05) is 30.3 Å². The summed E-state index contributed by atoms with van der Waals surface area (Å²) in [6.07, 6.45) is 4.44. The van der Waals surface area contributed by atoms with Crippen LogP contribution in [0.4, 0.5) is 0 Å². The molecule has 0 aliphatic carbocycles. The predicted molar refractivity (Wildman–Crippen MR) is 103 cm³/mol. The van der Waals surface area contributed by atoms with Crippen LogP contribution in [0.15, 0.2) is 60.7 Å². The van der Waals surface area contributed by atoms with Crippen LogP contribution in [-0.2, 0) is 0 Å². The van der Waals surface area contributed by atoms with Crippen LogP contribution in [0.3, 0.4) is 0 Å². The van der Waals surface area contributed by atoms with Gasteiger partial charge in [0.05, 0.1) is 0 Å². The Labute approximate surface area is 152 Å². The number of rotatable bonds is 9. The molecule has 0 fully saturated rings. The summed E-state index contributed by atoms with van der Waals surface area (Å²) >= 11 is 0.376. The van der Waals surface area contributed by atoms with Crippen molar-refractivity contribution in [1.82, 2.24) is 5.32 Å². The molecule has 128 valence electrons. The molecule has 0 aromatic heterocycles. The van der Waals surface area contributed by atoms with Crippen molar-refractivity contribution in [3.63, 3.8) is 0 Å². The third-order valence-corrected chi connectivity index (χ3v) is 6.97. The molecule has 1 N–H and O–H groups in total. The Morgan fingerprint density at radius 1 is 0.917 bits per heavy atom. The third kappa shape index (κ3) is 5.81. The first kappa shape index (κ1) is 18.8. The topological polar surface area (TPSA) is 29.1 Å². The molecule has 0 saturated heterocycles. The van der Waals surface area contributed by atoms with E-state index in [-0.39, 0.29) is 11.9 Å². The molecule has 2 atom stereocenters. The Balaban J connectivity index is 2.10. The summed E-state index contributed by atoms with van der Waals surface area (Å²) in [7, 11) is 0. The molecule has 2 unspecified atom stereocenters. The van der Waals surface area contributed by atoms with Gasteiger partial charge < -0.3 is 0 Å². The molecule has 2 aromatic rings. The van der Waals surface area contributed by atoms with Gasteiger partial charge in [0.25, 0.3) is 0 Å². The quantitative estimate of drug-likeness (QED) is 0.641. The Morgan fingerprint density at radius 3 is 2.08 bits per heavy atom. The fourth-order valence-corrected chi connectivity index (χ4v) is 5.71. The van der Waals surface area contributed by atoms with Gasteiger partial charge in [0, 0.05) is 0 Å². The average molecular weight is 388 g/mol. The van der Waals surface area contributed by atoms with Crippen molar-refractivity contribution < 1.29 is 4.79 Å². The molecule has 0 aliphatic rings. The van der Waals surface area contributed by atoms with Crippen molar-refractivity contribution in [1.29, 1.82) is 0 Å². The minimum absolute atomic E-state index is 0.0546. The zero-order valence-electron chi connectivity index (χ0n) is 14.6. The molecule has 2 nitrogen and oxygen atoms in total. The van der Waals surface area contributed by atoms with Gasteiger partial charge in [-0.05, 0) is 0 Å². The number of nitrogens with one attached hydrogen (secondary N) is 1. The molecule has 0 radical (unpaired) electrons. The van der Waals surface area contributed by atoms with Crippen LogP contribution >= 0.6 is 0 Å². The van der Waals surface area contributed by atoms with Gasteiger partial charge in [0.15, 0.2) is 0 Å². The molecule has 0 bridgehead atoms. The van der Waals surface area contributed by atoms with E-state index in [1.165, 1.54) is 4.46 Å². The summed E-state index contributed by atoms with van der Waals surface area (Å²) in [5.41, 5.74) is 0.751. The second-order valence-electron chi connectivity index (χ2n) is 5.99. The molecular formula is C21H27NOSe. The van der Waals surface area contributed by atoms with Crippen LogP contribution in [0, 0.1) is 0 Å². The van der Waals surface area contributed by atoms with Crippen LogP contribution in [0.2, 0.25) is 4.82 Å². The van der Waals surface area contributed by atoms with E-state index in [0.29, 0.717) is 19.8 Å². The van der Waals surface area contributed by atoms with Crippen LogP contribution < -0.4 is 9.78 Å². The van der Waals surface area contributed by atoms with E-state index in [1.54, 1.807) is 0 Å². The van der Waals surface area contributed by atoms with E-state index in [4.69, 9.17) is 0 Å². The van der Waals surface area contributed by atoms with Crippen molar-refractivity contribution in [2.75, 3.05) is 0 Å². The number of carbonyl (C=O) groups is 1. The Hall–Kier alpha value is -1.57. The first-order valence-corrected chi connectivity index (χ1v) is 10.7. The van der Waals surface area contributed by atoms with Crippen LogP contribution in [-0.4, -0.2) is 26.9 Å². The van der Waals surface area contributed by atoms with Gasteiger partial charge in [-0.1, -0.05) is 0 Å². The summed E-state index contributed by atoms with van der Waals surface area (Å²) in [5.74, 6) is 0.0546. The first-order valence-electron chi connectivity index (χ1n) is 8.82. The number of carbonyl (C=O) groups excluding carboxylic acids is 1. The zero-order valence-corrected chi connectivity index (χ0v) is 16.3. The SMILES string of the molecule is CCCC(NC(=O)c1ccccc1)C(CCC)[Se]c1ccccc1. The summed E-state index contributed by atoms with van der Waals surface area (Å²) in [5, 5.41) is 3.32. The summed E-state index contributed by atoms with van der Waals surface area (Å²) in [6.45, 7) is 4.43. The standard InChI is InChI=1S/C21H27NOSe/c1-3-11-19(22-21(23)17-13-7-5-8-14-17)20(12-4-2)24-18-15-9-6-10-16-18/h5-10,13-16,19-20H,3-4,11-12H2,1-2H3,(H,22,23). The normalized spacial score (nSPS) is 13.2. The van der Waals surface area contributed by atoms with Crippen LogP contribution in [0.25, 0.3) is 0 Å². The van der Waals surface area contributed by atoms with Crippen molar-refractivity contribution in [2.24, 2.45) is 0 Å². The molecule has 0 aliphatic heterocycles. The maximum absolute atomic E-state index is 12.6. The van der Waals surface area contributed by atoms with Crippen molar-refractivity contribution >= 4 is 25.3 Å². The van der Waals surface area contributed by atoms with E-state index >= 15 is 0 Å². The van der Waals surface area contributed by atoms with Crippen molar-refractivity contribution in [3.05, 3.63) is 66.2 Å². The second kappa shape index (κ2) is 10.3. The van der Waals surface area contributed by atoms with Gasteiger partial charge in [-0.25, -0.2) is 0 Å². The molecular weight excluding hydrogens is 361 g/mol. The average Bonchev–Trinajstić information content (AvgIpc) is 2.62. The maximum atomic E-state index is 12.6. The molecule has 0 spiro atoms. The number of benzene rings is 2. The van der Waals surface area contributed by atoms with Gasteiger partial charge in [-0.15, -0.1) is 0 Å². The van der Waals surface area contributed by atoms with Crippen molar-refractivity contribution in [2.45, 2.75) is 50.4 Å². The molecule has 3 heteroatoms. The van der Waals surface area contributed by atoms with Gasteiger partial charge in [-0.3, -0.25) is 0 Å². The molecule has 0 saturated carbocycles. The van der Waals surface area contributed by atoms with E-state index in [0.717, 1.165) is 31.2 Å². The molecule has 2 aromatic carbocycles. The van der Waals surface area contributed by atoms with Gasteiger partial charge in [0.2, 0.25) is 0 Å². The van der Waals surface area contributed by atoms with Gasteiger partial charge in [0.1, 0.15) is 0 Å². The zero-order chi connectivity index (χ0) is 17.2. The van der Waals surface area contributed by atoms with E-state index in [2.05, 4.69) is 49.5 Å². The second-order valence-corrected chi connectivity index (χ2v) is 8.75. The Bertz CT molecular complexity index is 600. The fraction of sp³-hybridized carbons (Fsp3) is 0.381. The minimum atomic E-state index is 0.0546. The van der Waals surface area contributed by atoms with Crippen molar-refractivity contribution in [3.8, 4) is 0 Å². The van der Waals surface area contributed by atoms with Crippen LogP contribution in [0.5, 0.6) is 0 Å². The molecule has 24 heavy (non-hydrogen) atoms. The van der Waals surface area contributed by atoms with E-state index < -0.39 is 0 Å². The number of hydrogen-bond donors (Lipinski definition) is 1. The van der Waals surface area contributed by atoms with Gasteiger partial charge >= 0.3 is 152 Å². The summed E-state index contributed by atoms with van der Waals surface area (Å²) in [4.78, 5) is 13.1. The first-order chi connectivity index (χ1) is 11.7. The molecule has 0 heterocycles. The predicted octanol–water partition coefficient (Wildman–Crippen LogP) is 4.20. The summed E-state index contributed by atoms with van der Waals surface area (Å²) < 4.78 is 1.42. The molecule has 2 rings (SSSR count).